The normalized spacial score (nSPS) is 12.0. The van der Waals surface area contributed by atoms with E-state index < -0.39 is 6.10 Å². The van der Waals surface area contributed by atoms with Crippen molar-refractivity contribution in [2.45, 2.75) is 33.3 Å². The number of aliphatic hydroxyl groups excluding tert-OH is 1. The number of esters is 1. The first-order valence-electron chi connectivity index (χ1n) is 7.27. The van der Waals surface area contributed by atoms with E-state index in [0.29, 0.717) is 26.1 Å². The largest absolute Gasteiger partial charge is 0.491 e. The molecule has 5 nitrogen and oxygen atoms in total. The number of ether oxygens (including phenoxy) is 2. The highest BCUT2D eigenvalue weighted by molar-refractivity contribution is 5.69. The van der Waals surface area contributed by atoms with Gasteiger partial charge in [-0.3, -0.25) is 4.79 Å². The fourth-order valence-electron chi connectivity index (χ4n) is 1.80. The van der Waals surface area contributed by atoms with Gasteiger partial charge in [0, 0.05) is 13.1 Å². The van der Waals surface area contributed by atoms with Crippen molar-refractivity contribution in [3.05, 3.63) is 29.3 Å². The van der Waals surface area contributed by atoms with Crippen LogP contribution >= 0.6 is 0 Å². The van der Waals surface area contributed by atoms with Crippen LogP contribution in [0, 0.1) is 13.8 Å². The minimum Gasteiger partial charge on any atom is -0.491 e. The predicted octanol–water partition coefficient (Wildman–Crippen LogP) is 1.59. The molecule has 0 aliphatic heterocycles. The average Bonchev–Trinajstić information content (AvgIpc) is 2.45. The van der Waals surface area contributed by atoms with E-state index in [1.165, 1.54) is 0 Å². The molecule has 0 bridgehead atoms. The first-order chi connectivity index (χ1) is 10.0. The van der Waals surface area contributed by atoms with Crippen molar-refractivity contribution in [3.63, 3.8) is 0 Å². The van der Waals surface area contributed by atoms with Gasteiger partial charge in [0.05, 0.1) is 13.0 Å². The van der Waals surface area contributed by atoms with E-state index in [1.54, 1.807) is 6.92 Å². The van der Waals surface area contributed by atoms with Gasteiger partial charge in [0.1, 0.15) is 18.5 Å². The molecule has 0 heterocycles. The summed E-state index contributed by atoms with van der Waals surface area (Å²) in [4.78, 5) is 11.1. The van der Waals surface area contributed by atoms with Crippen LogP contribution in [0.5, 0.6) is 5.75 Å². The number of benzene rings is 1. The molecule has 0 spiro atoms. The Labute approximate surface area is 126 Å². The molecule has 1 aromatic carbocycles. The van der Waals surface area contributed by atoms with Gasteiger partial charge in [0.25, 0.3) is 0 Å². The molecular weight excluding hydrogens is 270 g/mol. The van der Waals surface area contributed by atoms with Crippen LogP contribution in [0.1, 0.15) is 24.5 Å². The Morgan fingerprint density at radius 2 is 2.14 bits per heavy atom. The zero-order valence-corrected chi connectivity index (χ0v) is 13.0. The zero-order valence-electron chi connectivity index (χ0n) is 13.0. The summed E-state index contributed by atoms with van der Waals surface area (Å²) in [6, 6.07) is 5.97. The highest BCUT2D eigenvalue weighted by Gasteiger charge is 2.07. The van der Waals surface area contributed by atoms with Crippen molar-refractivity contribution in [2.24, 2.45) is 0 Å². The lowest BCUT2D eigenvalue weighted by Gasteiger charge is -2.15. The smallest absolute Gasteiger partial charge is 0.307 e. The highest BCUT2D eigenvalue weighted by atomic mass is 16.5. The van der Waals surface area contributed by atoms with Gasteiger partial charge in [-0.05, 0) is 38.0 Å². The van der Waals surface area contributed by atoms with Crippen LogP contribution in [0.15, 0.2) is 18.2 Å². The first kappa shape index (κ1) is 17.5. The Morgan fingerprint density at radius 3 is 2.86 bits per heavy atom. The maximum atomic E-state index is 11.1. The fraction of sp³-hybridized carbons (Fsp3) is 0.562. The van der Waals surface area contributed by atoms with Crippen LogP contribution in [-0.2, 0) is 9.53 Å². The topological polar surface area (TPSA) is 67.8 Å². The Morgan fingerprint density at radius 1 is 1.38 bits per heavy atom. The van der Waals surface area contributed by atoms with E-state index in [-0.39, 0.29) is 12.6 Å². The Bertz CT molecular complexity index is 448. The first-order valence-corrected chi connectivity index (χ1v) is 7.27. The second kappa shape index (κ2) is 9.37. The van der Waals surface area contributed by atoms with Crippen LogP contribution in [0.25, 0.3) is 0 Å². The van der Waals surface area contributed by atoms with Gasteiger partial charge in [-0.1, -0.05) is 12.1 Å². The molecule has 2 N–H and O–H groups in total. The lowest BCUT2D eigenvalue weighted by atomic mass is 10.1. The number of carbonyl (C=O) groups excluding carboxylic acids is 1. The molecule has 1 rings (SSSR count). The fourth-order valence-corrected chi connectivity index (χ4v) is 1.80. The Balaban J connectivity index is 2.20. The summed E-state index contributed by atoms with van der Waals surface area (Å²) < 4.78 is 10.4. The van der Waals surface area contributed by atoms with Gasteiger partial charge in [-0.15, -0.1) is 0 Å². The van der Waals surface area contributed by atoms with Crippen LogP contribution in [-0.4, -0.2) is 43.5 Å². The molecule has 0 aromatic heterocycles. The molecule has 0 fully saturated rings. The van der Waals surface area contributed by atoms with Crippen LogP contribution in [0.4, 0.5) is 0 Å². The standard InChI is InChI=1S/C16H25NO4/c1-4-20-16(19)7-8-17-10-14(18)11-21-15-9-12(2)5-6-13(15)3/h5-6,9,14,17-18H,4,7-8,10-11H2,1-3H3. The minimum absolute atomic E-state index is 0.219. The number of hydrogen-bond acceptors (Lipinski definition) is 5. The van der Waals surface area contributed by atoms with Gasteiger partial charge < -0.3 is 19.9 Å². The maximum absolute atomic E-state index is 11.1. The maximum Gasteiger partial charge on any atom is 0.307 e. The monoisotopic (exact) mass is 295 g/mol. The molecule has 0 radical (unpaired) electrons. The van der Waals surface area contributed by atoms with Crippen molar-refractivity contribution in [1.82, 2.24) is 5.32 Å². The third-order valence-corrected chi connectivity index (χ3v) is 2.97. The van der Waals surface area contributed by atoms with E-state index in [0.717, 1.165) is 16.9 Å². The summed E-state index contributed by atoms with van der Waals surface area (Å²) in [5, 5.41) is 12.8. The van der Waals surface area contributed by atoms with E-state index in [9.17, 15) is 9.90 Å². The molecule has 1 unspecified atom stereocenters. The third kappa shape index (κ3) is 7.11. The summed E-state index contributed by atoms with van der Waals surface area (Å²) in [5.41, 5.74) is 2.17. The van der Waals surface area contributed by atoms with Gasteiger partial charge in [-0.25, -0.2) is 0 Å². The highest BCUT2D eigenvalue weighted by Crippen LogP contribution is 2.19. The molecule has 0 saturated heterocycles. The molecule has 0 saturated carbocycles. The molecule has 0 aliphatic rings. The molecule has 0 aliphatic carbocycles. The van der Waals surface area contributed by atoms with E-state index >= 15 is 0 Å². The number of aryl methyl sites for hydroxylation is 2. The number of aliphatic hydroxyl groups is 1. The lowest BCUT2D eigenvalue weighted by molar-refractivity contribution is -0.143. The average molecular weight is 295 g/mol. The van der Waals surface area contributed by atoms with Gasteiger partial charge in [0.2, 0.25) is 0 Å². The van der Waals surface area contributed by atoms with Gasteiger partial charge in [0.15, 0.2) is 0 Å². The molecule has 118 valence electrons. The van der Waals surface area contributed by atoms with Gasteiger partial charge >= 0.3 is 5.97 Å². The number of nitrogens with one attached hydrogen (secondary N) is 1. The zero-order chi connectivity index (χ0) is 15.7. The number of rotatable bonds is 9. The van der Waals surface area contributed by atoms with E-state index in [1.807, 2.05) is 32.0 Å². The number of hydrogen-bond donors (Lipinski definition) is 2. The van der Waals surface area contributed by atoms with Gasteiger partial charge in [-0.2, -0.15) is 0 Å². The third-order valence-electron chi connectivity index (χ3n) is 2.97. The predicted molar refractivity (Wildman–Crippen MR) is 81.5 cm³/mol. The Hall–Kier alpha value is -1.59. The lowest BCUT2D eigenvalue weighted by Crippen LogP contribution is -2.32. The van der Waals surface area contributed by atoms with Crippen molar-refractivity contribution < 1.29 is 19.4 Å². The molecule has 21 heavy (non-hydrogen) atoms. The van der Waals surface area contributed by atoms with E-state index in [4.69, 9.17) is 9.47 Å². The molecule has 1 aromatic rings. The van der Waals surface area contributed by atoms with Crippen LogP contribution in [0.2, 0.25) is 0 Å². The minimum atomic E-state index is -0.618. The molecule has 5 heteroatoms. The van der Waals surface area contributed by atoms with Crippen molar-refractivity contribution in [3.8, 4) is 5.75 Å². The second-order valence-corrected chi connectivity index (χ2v) is 4.99. The summed E-state index contributed by atoms with van der Waals surface area (Å²) >= 11 is 0. The molecule has 0 amide bonds. The summed E-state index contributed by atoms with van der Waals surface area (Å²) in [7, 11) is 0. The second-order valence-electron chi connectivity index (χ2n) is 4.99. The van der Waals surface area contributed by atoms with Crippen molar-refractivity contribution >= 4 is 5.97 Å². The SMILES string of the molecule is CCOC(=O)CCNCC(O)COc1cc(C)ccc1C. The van der Waals surface area contributed by atoms with Crippen LogP contribution < -0.4 is 10.1 Å². The molecular formula is C16H25NO4. The molecule has 1 atom stereocenters. The van der Waals surface area contributed by atoms with E-state index in [2.05, 4.69) is 5.32 Å². The number of carbonyl (C=O) groups is 1. The summed E-state index contributed by atoms with van der Waals surface area (Å²) in [6.45, 7) is 7.23. The Kier molecular flexibility index (Phi) is 7.79. The van der Waals surface area contributed by atoms with Crippen molar-refractivity contribution in [1.29, 1.82) is 0 Å². The quantitative estimate of drug-likeness (QED) is 0.535. The van der Waals surface area contributed by atoms with Crippen molar-refractivity contribution in [2.75, 3.05) is 26.3 Å². The summed E-state index contributed by atoms with van der Waals surface area (Å²) in [6.07, 6.45) is -0.314. The summed E-state index contributed by atoms with van der Waals surface area (Å²) in [5.74, 6) is 0.562. The van der Waals surface area contributed by atoms with Crippen LogP contribution in [0.3, 0.4) is 0 Å².